The van der Waals surface area contributed by atoms with Gasteiger partial charge in [0.2, 0.25) is 5.91 Å². The largest absolute Gasteiger partial charge is 0.494 e. The van der Waals surface area contributed by atoms with Gasteiger partial charge in [-0.15, -0.1) is 0 Å². The third kappa shape index (κ3) is 3.63. The van der Waals surface area contributed by atoms with Crippen molar-refractivity contribution in [1.82, 2.24) is 14.5 Å². The molecule has 0 radical (unpaired) electrons. The van der Waals surface area contributed by atoms with Gasteiger partial charge >= 0.3 is 0 Å². The zero-order chi connectivity index (χ0) is 17.8. The molecule has 0 aliphatic heterocycles. The molecule has 0 saturated carbocycles. The zero-order valence-electron chi connectivity index (χ0n) is 13.5. The summed E-state index contributed by atoms with van der Waals surface area (Å²) < 4.78 is 6.88. The van der Waals surface area contributed by atoms with Gasteiger partial charge in [0.15, 0.2) is 10.8 Å². The number of aromatic nitrogens is 3. The van der Waals surface area contributed by atoms with Crippen molar-refractivity contribution < 1.29 is 9.53 Å². The predicted octanol–water partition coefficient (Wildman–Crippen LogP) is 1.76. The van der Waals surface area contributed by atoms with E-state index in [9.17, 15) is 9.59 Å². The van der Waals surface area contributed by atoms with E-state index in [0.29, 0.717) is 34.2 Å². The first-order valence-electron chi connectivity index (χ1n) is 7.62. The number of rotatable bonds is 6. The van der Waals surface area contributed by atoms with Gasteiger partial charge in [0.1, 0.15) is 5.75 Å². The van der Waals surface area contributed by atoms with Gasteiger partial charge in [-0.05, 0) is 43.3 Å². The highest BCUT2D eigenvalue weighted by atomic mass is 32.2. The number of hydrogen-bond acceptors (Lipinski definition) is 6. The second kappa shape index (κ2) is 7.35. The van der Waals surface area contributed by atoms with Crippen LogP contribution in [0.15, 0.2) is 52.5 Å². The van der Waals surface area contributed by atoms with E-state index in [1.54, 1.807) is 42.6 Å². The maximum Gasteiger partial charge on any atom is 0.268 e. The Morgan fingerprint density at radius 1 is 1.28 bits per heavy atom. The maximum absolute atomic E-state index is 12.9. The van der Waals surface area contributed by atoms with Crippen LogP contribution >= 0.6 is 11.8 Å². The topological polar surface area (TPSA) is 100 Å². The second-order valence-electron chi connectivity index (χ2n) is 5.09. The molecule has 0 atom stereocenters. The van der Waals surface area contributed by atoms with Crippen LogP contribution in [0.25, 0.3) is 16.7 Å². The Morgan fingerprint density at radius 3 is 2.72 bits per heavy atom. The number of primary amides is 1. The number of carbonyl (C=O) groups is 1. The van der Waals surface area contributed by atoms with E-state index in [-0.39, 0.29) is 11.3 Å². The Bertz CT molecular complexity index is 970. The number of fused-ring (bicyclic) bond motifs is 1. The molecule has 128 valence electrons. The number of benzene rings is 1. The number of ether oxygens (including phenoxy) is 1. The molecule has 0 aliphatic rings. The van der Waals surface area contributed by atoms with Gasteiger partial charge in [0, 0.05) is 6.20 Å². The predicted molar refractivity (Wildman–Crippen MR) is 96.2 cm³/mol. The van der Waals surface area contributed by atoms with Crippen molar-refractivity contribution in [3.05, 3.63) is 52.9 Å². The number of hydrogen-bond donors (Lipinski definition) is 1. The van der Waals surface area contributed by atoms with Crippen LogP contribution in [0.4, 0.5) is 0 Å². The number of nitrogens with zero attached hydrogens (tertiary/aromatic N) is 3. The summed E-state index contributed by atoms with van der Waals surface area (Å²) in [6.07, 6.45) is 1.57. The van der Waals surface area contributed by atoms with Gasteiger partial charge < -0.3 is 10.5 Å². The second-order valence-corrected chi connectivity index (χ2v) is 6.03. The van der Waals surface area contributed by atoms with Crippen molar-refractivity contribution >= 4 is 28.7 Å². The Labute approximate surface area is 147 Å². The van der Waals surface area contributed by atoms with Gasteiger partial charge in [0.05, 0.1) is 23.4 Å². The van der Waals surface area contributed by atoms with Crippen LogP contribution < -0.4 is 16.0 Å². The Morgan fingerprint density at radius 2 is 2.04 bits per heavy atom. The smallest absolute Gasteiger partial charge is 0.268 e. The lowest BCUT2D eigenvalue weighted by molar-refractivity contribution is -0.115. The molecular weight excluding hydrogens is 340 g/mol. The van der Waals surface area contributed by atoms with Crippen LogP contribution in [-0.4, -0.2) is 32.8 Å². The highest BCUT2D eigenvalue weighted by molar-refractivity contribution is 7.99. The number of thioether (sulfide) groups is 1. The molecule has 1 aromatic carbocycles. The molecule has 0 spiro atoms. The highest BCUT2D eigenvalue weighted by Gasteiger charge is 2.14. The van der Waals surface area contributed by atoms with E-state index in [1.165, 1.54) is 4.57 Å². The van der Waals surface area contributed by atoms with E-state index in [0.717, 1.165) is 11.8 Å². The number of nitrogens with two attached hydrogens (primary N) is 1. The maximum atomic E-state index is 12.9. The van der Waals surface area contributed by atoms with Gasteiger partial charge in [-0.3, -0.25) is 14.2 Å². The van der Waals surface area contributed by atoms with Crippen molar-refractivity contribution in [1.29, 1.82) is 0 Å². The fraction of sp³-hybridized carbons (Fsp3) is 0.176. The number of carbonyl (C=O) groups excluding carboxylic acids is 1. The van der Waals surface area contributed by atoms with E-state index in [4.69, 9.17) is 10.5 Å². The minimum Gasteiger partial charge on any atom is -0.494 e. The van der Waals surface area contributed by atoms with Gasteiger partial charge in [-0.1, -0.05) is 11.8 Å². The van der Waals surface area contributed by atoms with Crippen LogP contribution in [0.2, 0.25) is 0 Å². The summed E-state index contributed by atoms with van der Waals surface area (Å²) >= 11 is 1.10. The summed E-state index contributed by atoms with van der Waals surface area (Å²) in [5, 5.41) is 0.763. The van der Waals surface area contributed by atoms with Gasteiger partial charge in [0.25, 0.3) is 5.56 Å². The summed E-state index contributed by atoms with van der Waals surface area (Å²) in [6.45, 7) is 2.46. The molecule has 0 bridgehead atoms. The monoisotopic (exact) mass is 356 g/mol. The molecule has 0 unspecified atom stereocenters. The average Bonchev–Trinajstić information content (AvgIpc) is 2.61. The standard InChI is InChI=1S/C17H16N4O3S/c1-2-24-12-7-5-11(6-8-12)21-16(23)13-4-3-9-19-15(13)20-17(21)25-10-14(18)22/h3-9H,2,10H2,1H3,(H2,18,22). The summed E-state index contributed by atoms with van der Waals surface area (Å²) in [5.74, 6) is 0.238. The van der Waals surface area contributed by atoms with Crippen molar-refractivity contribution in [3.8, 4) is 11.4 Å². The number of amides is 1. The lowest BCUT2D eigenvalue weighted by atomic mass is 10.3. The highest BCUT2D eigenvalue weighted by Crippen LogP contribution is 2.22. The van der Waals surface area contributed by atoms with Gasteiger partial charge in [-0.2, -0.15) is 0 Å². The molecule has 3 aromatic rings. The lowest BCUT2D eigenvalue weighted by Crippen LogP contribution is -2.23. The Hall–Kier alpha value is -2.87. The summed E-state index contributed by atoms with van der Waals surface area (Å²) in [4.78, 5) is 32.6. The molecule has 2 N–H and O–H groups in total. The van der Waals surface area contributed by atoms with Gasteiger partial charge in [-0.25, -0.2) is 9.97 Å². The minimum absolute atomic E-state index is 0.0157. The molecule has 25 heavy (non-hydrogen) atoms. The van der Waals surface area contributed by atoms with Crippen molar-refractivity contribution in [2.24, 2.45) is 5.73 Å². The molecule has 3 rings (SSSR count). The van der Waals surface area contributed by atoms with E-state index in [1.807, 2.05) is 6.92 Å². The van der Waals surface area contributed by atoms with Crippen molar-refractivity contribution in [3.63, 3.8) is 0 Å². The molecule has 1 amide bonds. The molecule has 0 saturated heterocycles. The minimum atomic E-state index is -0.487. The lowest BCUT2D eigenvalue weighted by Gasteiger charge is -2.13. The first kappa shape index (κ1) is 17.0. The van der Waals surface area contributed by atoms with Crippen LogP contribution in [-0.2, 0) is 4.79 Å². The fourth-order valence-corrected chi connectivity index (χ4v) is 3.06. The summed E-state index contributed by atoms with van der Waals surface area (Å²) in [5.41, 5.74) is 5.93. The molecule has 0 fully saturated rings. The van der Waals surface area contributed by atoms with E-state index < -0.39 is 5.91 Å². The van der Waals surface area contributed by atoms with Crippen LogP contribution in [0.5, 0.6) is 5.75 Å². The summed E-state index contributed by atoms with van der Waals surface area (Å²) in [7, 11) is 0. The normalized spacial score (nSPS) is 10.8. The molecule has 0 aliphatic carbocycles. The van der Waals surface area contributed by atoms with Crippen molar-refractivity contribution in [2.75, 3.05) is 12.4 Å². The fourth-order valence-electron chi connectivity index (χ4n) is 2.32. The molecule has 7 nitrogen and oxygen atoms in total. The number of pyridine rings is 1. The van der Waals surface area contributed by atoms with Crippen LogP contribution in [0.1, 0.15) is 6.92 Å². The van der Waals surface area contributed by atoms with Crippen LogP contribution in [0.3, 0.4) is 0 Å². The van der Waals surface area contributed by atoms with E-state index in [2.05, 4.69) is 9.97 Å². The van der Waals surface area contributed by atoms with Crippen LogP contribution in [0, 0.1) is 0 Å². The quantitative estimate of drug-likeness (QED) is 0.533. The third-order valence-corrected chi connectivity index (χ3v) is 4.32. The Balaban J connectivity index is 2.16. The van der Waals surface area contributed by atoms with E-state index >= 15 is 0 Å². The first-order chi connectivity index (χ1) is 12.1. The molecule has 2 heterocycles. The third-order valence-electron chi connectivity index (χ3n) is 3.36. The zero-order valence-corrected chi connectivity index (χ0v) is 14.3. The Kier molecular flexibility index (Phi) is 4.99. The molecule has 8 heteroatoms. The average molecular weight is 356 g/mol. The van der Waals surface area contributed by atoms with Crippen molar-refractivity contribution in [2.45, 2.75) is 12.1 Å². The molecule has 2 aromatic heterocycles. The molecular formula is C17H16N4O3S. The SMILES string of the molecule is CCOc1ccc(-n2c(SCC(N)=O)nc3ncccc3c2=O)cc1. The summed E-state index contributed by atoms with van der Waals surface area (Å²) in [6, 6.07) is 10.5. The first-order valence-corrected chi connectivity index (χ1v) is 8.61.